The van der Waals surface area contributed by atoms with Gasteiger partial charge in [-0.15, -0.1) is 0 Å². The monoisotopic (exact) mass is 292 g/mol. The Hall–Kier alpha value is -2.63. The minimum absolute atomic E-state index is 0.196. The molecule has 0 unspecified atom stereocenters. The summed E-state index contributed by atoms with van der Waals surface area (Å²) in [6.45, 7) is 2.22. The van der Waals surface area contributed by atoms with Crippen LogP contribution in [0.1, 0.15) is 17.3 Å². The third-order valence-electron chi connectivity index (χ3n) is 2.68. The van der Waals surface area contributed by atoms with Gasteiger partial charge in [0.1, 0.15) is 17.4 Å². The molecule has 0 atom stereocenters. The summed E-state index contributed by atoms with van der Waals surface area (Å²) in [4.78, 5) is 12.1. The zero-order chi connectivity index (χ0) is 15.4. The van der Waals surface area contributed by atoms with E-state index in [9.17, 15) is 13.6 Å². The van der Waals surface area contributed by atoms with Crippen LogP contribution in [0, 0.1) is 11.6 Å². The Balaban J connectivity index is 2.25. The molecule has 0 saturated carbocycles. The zero-order valence-electron chi connectivity index (χ0n) is 11.3. The van der Waals surface area contributed by atoms with E-state index < -0.39 is 17.5 Å². The standard InChI is InChI=1S/C15H14F2N2O2/c1-2-21-12-6-9(5-11(18)8-12)15(20)19-14-7-10(16)3-4-13(14)17/h3-8H,2,18H2,1H3,(H,19,20). The van der Waals surface area contributed by atoms with Gasteiger partial charge in [0.05, 0.1) is 12.3 Å². The van der Waals surface area contributed by atoms with Crippen LogP contribution in [0.5, 0.6) is 5.75 Å². The molecule has 110 valence electrons. The number of benzene rings is 2. The van der Waals surface area contributed by atoms with Gasteiger partial charge in [-0.3, -0.25) is 4.79 Å². The number of hydrogen-bond acceptors (Lipinski definition) is 3. The van der Waals surface area contributed by atoms with Crippen molar-refractivity contribution < 1.29 is 18.3 Å². The van der Waals surface area contributed by atoms with E-state index in [1.807, 2.05) is 0 Å². The molecule has 1 amide bonds. The van der Waals surface area contributed by atoms with Crippen LogP contribution in [0.2, 0.25) is 0 Å². The highest BCUT2D eigenvalue weighted by atomic mass is 19.1. The maximum Gasteiger partial charge on any atom is 0.255 e. The number of carbonyl (C=O) groups excluding carboxylic acids is 1. The van der Waals surface area contributed by atoms with E-state index in [4.69, 9.17) is 10.5 Å². The number of carbonyl (C=O) groups is 1. The molecule has 0 aliphatic rings. The molecule has 0 aliphatic carbocycles. The van der Waals surface area contributed by atoms with Crippen molar-refractivity contribution in [1.82, 2.24) is 0 Å². The van der Waals surface area contributed by atoms with Gasteiger partial charge in [0.2, 0.25) is 0 Å². The fourth-order valence-corrected chi connectivity index (χ4v) is 1.79. The number of nitrogen functional groups attached to an aromatic ring is 1. The van der Waals surface area contributed by atoms with Crippen LogP contribution in [0.15, 0.2) is 36.4 Å². The lowest BCUT2D eigenvalue weighted by Crippen LogP contribution is -2.14. The third kappa shape index (κ3) is 3.68. The van der Waals surface area contributed by atoms with E-state index in [0.717, 1.165) is 18.2 Å². The number of nitrogens with one attached hydrogen (secondary N) is 1. The fourth-order valence-electron chi connectivity index (χ4n) is 1.79. The topological polar surface area (TPSA) is 64.3 Å². The fraction of sp³-hybridized carbons (Fsp3) is 0.133. The molecule has 0 spiro atoms. The molecular weight excluding hydrogens is 278 g/mol. The van der Waals surface area contributed by atoms with Gasteiger partial charge in [-0.05, 0) is 31.2 Å². The summed E-state index contributed by atoms with van der Waals surface area (Å²) in [5, 5.41) is 2.30. The van der Waals surface area contributed by atoms with Crippen LogP contribution in [0.4, 0.5) is 20.2 Å². The van der Waals surface area contributed by atoms with Crippen molar-refractivity contribution in [2.75, 3.05) is 17.7 Å². The second-order valence-corrected chi connectivity index (χ2v) is 4.30. The summed E-state index contributed by atoms with van der Waals surface area (Å²) in [6.07, 6.45) is 0. The predicted molar refractivity (Wildman–Crippen MR) is 76.3 cm³/mol. The minimum Gasteiger partial charge on any atom is -0.494 e. The lowest BCUT2D eigenvalue weighted by atomic mass is 10.1. The Morgan fingerprint density at radius 3 is 2.71 bits per heavy atom. The van der Waals surface area contributed by atoms with Crippen molar-refractivity contribution >= 4 is 17.3 Å². The Bertz CT molecular complexity index is 675. The molecule has 0 saturated heterocycles. The van der Waals surface area contributed by atoms with Gasteiger partial charge in [-0.25, -0.2) is 8.78 Å². The van der Waals surface area contributed by atoms with Crippen LogP contribution in [-0.4, -0.2) is 12.5 Å². The zero-order valence-corrected chi connectivity index (χ0v) is 11.3. The molecule has 0 bridgehead atoms. The van der Waals surface area contributed by atoms with Crippen LogP contribution in [-0.2, 0) is 0 Å². The van der Waals surface area contributed by atoms with E-state index >= 15 is 0 Å². The number of amides is 1. The molecule has 0 aromatic heterocycles. The lowest BCUT2D eigenvalue weighted by Gasteiger charge is -2.09. The molecule has 4 nitrogen and oxygen atoms in total. The van der Waals surface area contributed by atoms with Gasteiger partial charge in [0.25, 0.3) is 5.91 Å². The Kier molecular flexibility index (Phi) is 4.37. The van der Waals surface area contributed by atoms with E-state index in [1.165, 1.54) is 12.1 Å². The lowest BCUT2D eigenvalue weighted by molar-refractivity contribution is 0.102. The number of ether oxygens (including phenoxy) is 1. The van der Waals surface area contributed by atoms with Gasteiger partial charge >= 0.3 is 0 Å². The largest absolute Gasteiger partial charge is 0.494 e. The predicted octanol–water partition coefficient (Wildman–Crippen LogP) is 3.20. The molecule has 0 radical (unpaired) electrons. The first kappa shape index (κ1) is 14.8. The second kappa shape index (κ2) is 6.21. The summed E-state index contributed by atoms with van der Waals surface area (Å²) in [5.74, 6) is -1.54. The summed E-state index contributed by atoms with van der Waals surface area (Å²) >= 11 is 0. The number of anilines is 2. The number of halogens is 2. The molecule has 6 heteroatoms. The van der Waals surface area contributed by atoms with E-state index in [-0.39, 0.29) is 11.3 Å². The first-order chi connectivity index (χ1) is 9.99. The number of nitrogens with two attached hydrogens (primary N) is 1. The molecule has 2 aromatic carbocycles. The molecule has 0 fully saturated rings. The third-order valence-corrected chi connectivity index (χ3v) is 2.68. The molecular formula is C15H14F2N2O2. The van der Waals surface area contributed by atoms with Gasteiger partial charge in [-0.1, -0.05) is 0 Å². The molecule has 3 N–H and O–H groups in total. The molecule has 21 heavy (non-hydrogen) atoms. The van der Waals surface area contributed by atoms with E-state index in [1.54, 1.807) is 13.0 Å². The highest BCUT2D eigenvalue weighted by Crippen LogP contribution is 2.21. The maximum absolute atomic E-state index is 13.5. The van der Waals surface area contributed by atoms with Crippen molar-refractivity contribution in [1.29, 1.82) is 0 Å². The van der Waals surface area contributed by atoms with Crippen molar-refractivity contribution in [3.05, 3.63) is 53.6 Å². The normalized spacial score (nSPS) is 10.2. The van der Waals surface area contributed by atoms with Gasteiger partial charge in [-0.2, -0.15) is 0 Å². The first-order valence-electron chi connectivity index (χ1n) is 6.29. The Morgan fingerprint density at radius 1 is 1.24 bits per heavy atom. The number of rotatable bonds is 4. The SMILES string of the molecule is CCOc1cc(N)cc(C(=O)Nc2cc(F)ccc2F)c1. The maximum atomic E-state index is 13.5. The molecule has 0 heterocycles. The second-order valence-electron chi connectivity index (χ2n) is 4.30. The van der Waals surface area contributed by atoms with Crippen LogP contribution >= 0.6 is 0 Å². The summed E-state index contributed by atoms with van der Waals surface area (Å²) in [7, 11) is 0. The molecule has 2 rings (SSSR count). The van der Waals surface area contributed by atoms with E-state index in [0.29, 0.717) is 18.0 Å². The minimum atomic E-state index is -0.723. The van der Waals surface area contributed by atoms with E-state index in [2.05, 4.69) is 5.32 Å². The smallest absolute Gasteiger partial charge is 0.255 e. The quantitative estimate of drug-likeness (QED) is 0.851. The van der Waals surface area contributed by atoms with Gasteiger partial charge in [0, 0.05) is 23.4 Å². The summed E-state index contributed by atoms with van der Waals surface area (Å²) in [6, 6.07) is 7.29. The highest BCUT2D eigenvalue weighted by molar-refractivity contribution is 6.05. The molecule has 2 aromatic rings. The van der Waals surface area contributed by atoms with Crippen molar-refractivity contribution in [2.24, 2.45) is 0 Å². The van der Waals surface area contributed by atoms with Crippen LogP contribution < -0.4 is 15.8 Å². The van der Waals surface area contributed by atoms with Crippen molar-refractivity contribution in [3.63, 3.8) is 0 Å². The van der Waals surface area contributed by atoms with Gasteiger partial charge < -0.3 is 15.8 Å². The summed E-state index contributed by atoms with van der Waals surface area (Å²) < 4.78 is 31.8. The highest BCUT2D eigenvalue weighted by Gasteiger charge is 2.12. The van der Waals surface area contributed by atoms with Crippen molar-refractivity contribution in [2.45, 2.75) is 6.92 Å². The first-order valence-corrected chi connectivity index (χ1v) is 6.29. The molecule has 0 aliphatic heterocycles. The number of hydrogen-bond donors (Lipinski definition) is 2. The summed E-state index contributed by atoms with van der Waals surface area (Å²) in [5.41, 5.74) is 5.98. The van der Waals surface area contributed by atoms with Crippen molar-refractivity contribution in [3.8, 4) is 5.75 Å². The van der Waals surface area contributed by atoms with Gasteiger partial charge in [0.15, 0.2) is 0 Å². The average molecular weight is 292 g/mol. The van der Waals surface area contributed by atoms with Crippen LogP contribution in [0.25, 0.3) is 0 Å². The Morgan fingerprint density at radius 2 is 2.00 bits per heavy atom. The average Bonchev–Trinajstić information content (AvgIpc) is 2.42. The van der Waals surface area contributed by atoms with Crippen LogP contribution in [0.3, 0.4) is 0 Å². The Labute approximate surface area is 120 Å².